The van der Waals surface area contributed by atoms with E-state index in [0.29, 0.717) is 0 Å². The molecular weight excluding hydrogens is 132 g/mol. The molecule has 0 heterocycles. The van der Waals surface area contributed by atoms with Crippen molar-refractivity contribution >= 4 is 12.6 Å². The zero-order valence-corrected chi connectivity index (χ0v) is 7.36. The first-order valence-electron chi connectivity index (χ1n) is 3.25. The molecule has 0 aliphatic rings. The van der Waals surface area contributed by atoms with E-state index in [9.17, 15) is 0 Å². The quantitative estimate of drug-likeness (QED) is 0.463. The van der Waals surface area contributed by atoms with Crippen LogP contribution < -0.4 is 0 Å². The van der Waals surface area contributed by atoms with Gasteiger partial charge in [-0.05, 0) is 0 Å². The highest BCUT2D eigenvalue weighted by atomic mass is 32.1. The van der Waals surface area contributed by atoms with Gasteiger partial charge in [-0.1, -0.05) is 6.92 Å². The molecule has 0 radical (unpaired) electrons. The maximum absolute atomic E-state index is 4.13. The van der Waals surface area contributed by atoms with Crippen LogP contribution in [0.25, 0.3) is 0 Å². The van der Waals surface area contributed by atoms with Crippen LogP contribution in [0.15, 0.2) is 0 Å². The van der Waals surface area contributed by atoms with Crippen molar-refractivity contribution in [3.8, 4) is 0 Å². The lowest BCUT2D eigenvalue weighted by molar-refractivity contribution is 0.0400. The third-order valence-corrected chi connectivity index (χ3v) is 1.66. The van der Waals surface area contributed by atoms with Crippen LogP contribution in [0.4, 0.5) is 0 Å². The minimum Gasteiger partial charge on any atom is -0.245 e. The van der Waals surface area contributed by atoms with Gasteiger partial charge in [-0.2, -0.15) is 12.6 Å². The maximum Gasteiger partial charge on any atom is 0.0218 e. The molecule has 56 valence electrons. The molecule has 0 atom stereocenters. The first-order valence-corrected chi connectivity index (χ1v) is 3.88. The number of hydrogen-bond acceptors (Lipinski definition) is 3. The van der Waals surface area contributed by atoms with Crippen LogP contribution in [0.2, 0.25) is 0 Å². The van der Waals surface area contributed by atoms with Crippen LogP contribution in [0, 0.1) is 0 Å². The second-order valence-electron chi connectivity index (χ2n) is 2.08. The van der Waals surface area contributed by atoms with E-state index in [2.05, 4.69) is 43.7 Å². The second kappa shape index (κ2) is 5.09. The summed E-state index contributed by atoms with van der Waals surface area (Å²) in [7, 11) is 4.14. The van der Waals surface area contributed by atoms with E-state index in [1.807, 2.05) is 0 Å². The number of rotatable bonds is 4. The molecule has 0 aliphatic heterocycles. The highest BCUT2D eigenvalue weighted by Crippen LogP contribution is 1.88. The Labute approximate surface area is 63.2 Å². The van der Waals surface area contributed by atoms with Crippen LogP contribution in [-0.4, -0.2) is 43.0 Å². The van der Waals surface area contributed by atoms with Crippen molar-refractivity contribution in [2.24, 2.45) is 0 Å². The van der Waals surface area contributed by atoms with Crippen molar-refractivity contribution in [1.82, 2.24) is 10.0 Å². The smallest absolute Gasteiger partial charge is 0.0218 e. The molecule has 0 unspecified atom stereocenters. The average molecular weight is 148 g/mol. The van der Waals surface area contributed by atoms with E-state index in [0.717, 1.165) is 18.8 Å². The predicted molar refractivity (Wildman–Crippen MR) is 44.8 cm³/mol. The lowest BCUT2D eigenvalue weighted by atomic mass is 10.6. The van der Waals surface area contributed by atoms with Crippen LogP contribution in [-0.2, 0) is 0 Å². The van der Waals surface area contributed by atoms with Crippen molar-refractivity contribution in [2.75, 3.05) is 32.9 Å². The zero-order chi connectivity index (χ0) is 7.28. The molecule has 0 aromatic rings. The molecule has 0 fully saturated rings. The van der Waals surface area contributed by atoms with E-state index in [1.165, 1.54) is 0 Å². The monoisotopic (exact) mass is 148 g/mol. The molecular formula is C6H16N2S. The van der Waals surface area contributed by atoms with Gasteiger partial charge in [0, 0.05) is 32.9 Å². The molecule has 0 spiro atoms. The minimum atomic E-state index is 0.918. The van der Waals surface area contributed by atoms with Crippen LogP contribution in [0.5, 0.6) is 0 Å². The van der Waals surface area contributed by atoms with Gasteiger partial charge in [-0.15, -0.1) is 0 Å². The molecule has 0 aliphatic carbocycles. The van der Waals surface area contributed by atoms with Gasteiger partial charge < -0.3 is 0 Å². The summed E-state index contributed by atoms with van der Waals surface area (Å²) in [5.74, 6) is 0.918. The van der Waals surface area contributed by atoms with E-state index >= 15 is 0 Å². The molecule has 0 saturated heterocycles. The fourth-order valence-corrected chi connectivity index (χ4v) is 0.846. The largest absolute Gasteiger partial charge is 0.245 e. The molecule has 0 saturated carbocycles. The Kier molecular flexibility index (Phi) is 5.24. The first kappa shape index (κ1) is 9.27. The molecule has 0 aromatic carbocycles. The Morgan fingerprint density at radius 1 is 1.22 bits per heavy atom. The third-order valence-electron chi connectivity index (χ3n) is 1.46. The van der Waals surface area contributed by atoms with Gasteiger partial charge in [0.2, 0.25) is 0 Å². The average Bonchev–Trinajstić information content (AvgIpc) is 1.87. The van der Waals surface area contributed by atoms with Gasteiger partial charge in [0.15, 0.2) is 0 Å². The molecule has 9 heavy (non-hydrogen) atoms. The van der Waals surface area contributed by atoms with Crippen LogP contribution in [0.3, 0.4) is 0 Å². The Bertz CT molecular complexity index is 68.1. The second-order valence-corrected chi connectivity index (χ2v) is 2.53. The van der Waals surface area contributed by atoms with Gasteiger partial charge >= 0.3 is 0 Å². The SMILES string of the molecule is CCN(C)N(C)CCS. The van der Waals surface area contributed by atoms with Crippen LogP contribution in [0.1, 0.15) is 6.92 Å². The van der Waals surface area contributed by atoms with E-state index in [1.54, 1.807) is 0 Å². The summed E-state index contributed by atoms with van der Waals surface area (Å²) in [6.45, 7) is 4.22. The van der Waals surface area contributed by atoms with E-state index < -0.39 is 0 Å². The van der Waals surface area contributed by atoms with Crippen molar-refractivity contribution in [3.63, 3.8) is 0 Å². The van der Waals surface area contributed by atoms with Crippen molar-refractivity contribution in [2.45, 2.75) is 6.92 Å². The molecule has 0 aromatic heterocycles. The Balaban J connectivity index is 3.32. The zero-order valence-electron chi connectivity index (χ0n) is 6.46. The van der Waals surface area contributed by atoms with Gasteiger partial charge in [-0.25, -0.2) is 10.0 Å². The highest BCUT2D eigenvalue weighted by Gasteiger charge is 1.99. The molecule has 2 nitrogen and oxygen atoms in total. The summed E-state index contributed by atoms with van der Waals surface area (Å²) in [6.07, 6.45) is 0. The first-order chi connectivity index (χ1) is 4.22. The molecule has 0 bridgehead atoms. The number of nitrogens with zero attached hydrogens (tertiary/aromatic N) is 2. The molecule has 3 heteroatoms. The predicted octanol–water partition coefficient (Wildman–Crippen LogP) is 0.715. The standard InChI is InChI=1S/C6H16N2S/c1-4-7(2)8(3)5-6-9/h9H,4-6H2,1-3H3. The van der Waals surface area contributed by atoms with Gasteiger partial charge in [-0.3, -0.25) is 0 Å². The summed E-state index contributed by atoms with van der Waals surface area (Å²) in [4.78, 5) is 0. The Hall–Kier alpha value is 0.270. The lowest BCUT2D eigenvalue weighted by Crippen LogP contribution is -2.37. The van der Waals surface area contributed by atoms with Crippen molar-refractivity contribution < 1.29 is 0 Å². The summed E-state index contributed by atoms with van der Waals surface area (Å²) in [5.41, 5.74) is 0. The highest BCUT2D eigenvalue weighted by molar-refractivity contribution is 7.80. The summed E-state index contributed by atoms with van der Waals surface area (Å²) < 4.78 is 0. The van der Waals surface area contributed by atoms with Crippen LogP contribution >= 0.6 is 12.6 Å². The summed E-state index contributed by atoms with van der Waals surface area (Å²) >= 11 is 4.13. The minimum absolute atomic E-state index is 0.918. The topological polar surface area (TPSA) is 6.48 Å². The van der Waals surface area contributed by atoms with Gasteiger partial charge in [0.05, 0.1) is 0 Å². The molecule has 0 N–H and O–H groups in total. The lowest BCUT2D eigenvalue weighted by Gasteiger charge is -2.25. The summed E-state index contributed by atoms with van der Waals surface area (Å²) in [6, 6.07) is 0. The fourth-order valence-electron chi connectivity index (χ4n) is 0.557. The molecule has 0 amide bonds. The number of thiol groups is 1. The van der Waals surface area contributed by atoms with E-state index in [-0.39, 0.29) is 0 Å². The van der Waals surface area contributed by atoms with Crippen molar-refractivity contribution in [1.29, 1.82) is 0 Å². The molecule has 0 rings (SSSR count). The number of hydrogen-bond donors (Lipinski definition) is 1. The van der Waals surface area contributed by atoms with Gasteiger partial charge in [0.1, 0.15) is 0 Å². The fraction of sp³-hybridized carbons (Fsp3) is 1.00. The number of hydrazine groups is 1. The Morgan fingerprint density at radius 3 is 2.11 bits per heavy atom. The normalized spacial score (nSPS) is 11.3. The third kappa shape index (κ3) is 3.78. The van der Waals surface area contributed by atoms with Crippen molar-refractivity contribution in [3.05, 3.63) is 0 Å². The summed E-state index contributed by atoms with van der Waals surface area (Å²) in [5, 5.41) is 4.32. The van der Waals surface area contributed by atoms with Gasteiger partial charge in [0.25, 0.3) is 0 Å². The Morgan fingerprint density at radius 2 is 1.78 bits per heavy atom. The maximum atomic E-state index is 4.13. The van der Waals surface area contributed by atoms with E-state index in [4.69, 9.17) is 0 Å².